The summed E-state index contributed by atoms with van der Waals surface area (Å²) in [5, 5.41) is 8.22. The Bertz CT molecular complexity index is 386. The molecule has 0 aromatic carbocycles. The van der Waals surface area contributed by atoms with Crippen molar-refractivity contribution in [2.45, 2.75) is 53.6 Å². The zero-order valence-corrected chi connectivity index (χ0v) is 13.9. The summed E-state index contributed by atoms with van der Waals surface area (Å²) in [6.07, 6.45) is 2.15. The van der Waals surface area contributed by atoms with Gasteiger partial charge in [0.05, 0.1) is 12.6 Å². The van der Waals surface area contributed by atoms with E-state index in [1.165, 1.54) is 0 Å². The Balaban J connectivity index is 2.97. The molecule has 1 rings (SSSR count). The summed E-state index contributed by atoms with van der Waals surface area (Å²) >= 11 is 0. The second-order valence-electron chi connectivity index (χ2n) is 5.05. The van der Waals surface area contributed by atoms with Gasteiger partial charge in [0.25, 0.3) is 0 Å². The normalized spacial score (nSPS) is 10.8. The minimum atomic E-state index is 0.0902. The molecule has 0 atom stereocenters. The maximum absolute atomic E-state index is 5.76. The van der Waals surface area contributed by atoms with Crippen LogP contribution in [-0.2, 0) is 4.84 Å². The maximum atomic E-state index is 5.76. The van der Waals surface area contributed by atoms with E-state index in [2.05, 4.69) is 39.4 Å². The van der Waals surface area contributed by atoms with E-state index in [0.717, 1.165) is 25.9 Å². The molecule has 0 amide bonds. The number of hydrogen-bond donors (Lipinski definition) is 2. The van der Waals surface area contributed by atoms with Gasteiger partial charge in [-0.25, -0.2) is 9.82 Å². The number of hydroxylamine groups is 1. The van der Waals surface area contributed by atoms with Crippen molar-refractivity contribution in [3.63, 3.8) is 0 Å². The fourth-order valence-electron chi connectivity index (χ4n) is 1.68. The zero-order valence-electron chi connectivity index (χ0n) is 13.9. The van der Waals surface area contributed by atoms with Gasteiger partial charge in [-0.3, -0.25) is 0 Å². The van der Waals surface area contributed by atoms with Gasteiger partial charge in [0.15, 0.2) is 0 Å². The minimum absolute atomic E-state index is 0.0902. The third-order valence-corrected chi connectivity index (χ3v) is 2.60. The van der Waals surface area contributed by atoms with Gasteiger partial charge in [0.2, 0.25) is 0 Å². The lowest BCUT2D eigenvalue weighted by Crippen LogP contribution is -2.35. The number of nitrogens with zero attached hydrogens (tertiary/aromatic N) is 3. The second-order valence-corrected chi connectivity index (χ2v) is 5.05. The molecular weight excluding hydrogens is 268 g/mol. The van der Waals surface area contributed by atoms with Gasteiger partial charge in [-0.05, 0) is 33.6 Å². The molecule has 3 N–H and O–H groups in total. The standard InChI is InChI=1S/C14H28N6O/c1-6-9-15-12-17-13(16-10-7-2)19-14(18-12)20(8-3)21-11(4)5/h11H,6-10H2,1-5H3,(H2,15,16,17,18,19)/p+1. The van der Waals surface area contributed by atoms with Gasteiger partial charge in [-0.2, -0.15) is 5.06 Å². The van der Waals surface area contributed by atoms with Crippen LogP contribution in [0.15, 0.2) is 0 Å². The predicted molar refractivity (Wildman–Crippen MR) is 85.4 cm³/mol. The summed E-state index contributed by atoms with van der Waals surface area (Å²) in [6, 6.07) is 0. The van der Waals surface area contributed by atoms with Crippen molar-refractivity contribution in [1.29, 1.82) is 0 Å². The highest BCUT2D eigenvalue weighted by Gasteiger charge is 2.19. The van der Waals surface area contributed by atoms with E-state index in [1.54, 1.807) is 5.06 Å². The lowest BCUT2D eigenvalue weighted by molar-refractivity contribution is -0.361. The molecule has 0 spiro atoms. The summed E-state index contributed by atoms with van der Waals surface area (Å²) in [4.78, 5) is 17.9. The Kier molecular flexibility index (Phi) is 7.74. The van der Waals surface area contributed by atoms with Crippen LogP contribution in [0.4, 0.5) is 17.8 Å². The minimum Gasteiger partial charge on any atom is -0.337 e. The Morgan fingerprint density at radius 2 is 1.76 bits per heavy atom. The number of anilines is 3. The molecule has 1 heterocycles. The van der Waals surface area contributed by atoms with Crippen molar-refractivity contribution in [2.24, 2.45) is 0 Å². The summed E-state index contributed by atoms with van der Waals surface area (Å²) < 4.78 is 0. The Hall–Kier alpha value is -1.63. The average molecular weight is 297 g/mol. The zero-order chi connectivity index (χ0) is 15.7. The van der Waals surface area contributed by atoms with E-state index in [-0.39, 0.29) is 6.10 Å². The van der Waals surface area contributed by atoms with Gasteiger partial charge >= 0.3 is 17.8 Å². The topological polar surface area (TPSA) is 76.5 Å². The van der Waals surface area contributed by atoms with Crippen molar-refractivity contribution in [3.8, 4) is 0 Å². The fourth-order valence-corrected chi connectivity index (χ4v) is 1.68. The first-order valence-electron chi connectivity index (χ1n) is 7.84. The molecule has 120 valence electrons. The molecule has 0 saturated heterocycles. The first-order valence-corrected chi connectivity index (χ1v) is 7.84. The third-order valence-electron chi connectivity index (χ3n) is 2.60. The first kappa shape index (κ1) is 17.4. The van der Waals surface area contributed by atoms with Crippen LogP contribution in [0.5, 0.6) is 0 Å². The van der Waals surface area contributed by atoms with E-state index in [9.17, 15) is 0 Å². The molecule has 0 aliphatic rings. The van der Waals surface area contributed by atoms with Crippen LogP contribution in [0, 0.1) is 0 Å². The van der Waals surface area contributed by atoms with Crippen LogP contribution in [0.3, 0.4) is 0 Å². The molecule has 7 nitrogen and oxygen atoms in total. The van der Waals surface area contributed by atoms with Gasteiger partial charge < -0.3 is 10.6 Å². The molecule has 0 saturated carbocycles. The number of nitrogens with one attached hydrogen (secondary N) is 3. The van der Waals surface area contributed by atoms with Crippen LogP contribution in [0.2, 0.25) is 0 Å². The number of rotatable bonds is 10. The third kappa shape index (κ3) is 6.12. The molecule has 1 aromatic heterocycles. The van der Waals surface area contributed by atoms with E-state index in [1.807, 2.05) is 20.8 Å². The van der Waals surface area contributed by atoms with Crippen molar-refractivity contribution in [2.75, 3.05) is 35.3 Å². The van der Waals surface area contributed by atoms with E-state index >= 15 is 0 Å². The highest BCUT2D eigenvalue weighted by atomic mass is 16.7. The summed E-state index contributed by atoms with van der Waals surface area (Å²) in [7, 11) is 0. The van der Waals surface area contributed by atoms with Crippen molar-refractivity contribution < 1.29 is 9.82 Å². The van der Waals surface area contributed by atoms with Crippen LogP contribution in [0.1, 0.15) is 47.5 Å². The van der Waals surface area contributed by atoms with Gasteiger partial charge in [-0.1, -0.05) is 23.8 Å². The largest absolute Gasteiger partial charge is 0.351 e. The molecular formula is C14H29N6O+. The monoisotopic (exact) mass is 297 g/mol. The van der Waals surface area contributed by atoms with Gasteiger partial charge in [-0.15, -0.1) is 0 Å². The van der Waals surface area contributed by atoms with Crippen LogP contribution < -0.4 is 20.7 Å². The smallest absolute Gasteiger partial charge is 0.337 e. The van der Waals surface area contributed by atoms with E-state index in [4.69, 9.17) is 4.84 Å². The SMILES string of the molecule is CCCNc1nc(NCCC)[nH+]c(N(CC)OC(C)C)n1. The Morgan fingerprint density at radius 1 is 1.10 bits per heavy atom. The Morgan fingerprint density at radius 3 is 2.33 bits per heavy atom. The lowest BCUT2D eigenvalue weighted by atomic mass is 10.5. The fraction of sp³-hybridized carbons (Fsp3) is 0.786. The van der Waals surface area contributed by atoms with Gasteiger partial charge in [0.1, 0.15) is 0 Å². The molecule has 0 bridgehead atoms. The highest BCUT2D eigenvalue weighted by molar-refractivity contribution is 5.35. The highest BCUT2D eigenvalue weighted by Crippen LogP contribution is 2.11. The number of hydrogen-bond acceptors (Lipinski definition) is 6. The predicted octanol–water partition coefficient (Wildman–Crippen LogP) is 2.10. The summed E-state index contributed by atoms with van der Waals surface area (Å²) in [5.74, 6) is 1.96. The molecule has 0 fully saturated rings. The van der Waals surface area contributed by atoms with Crippen LogP contribution in [-0.4, -0.2) is 35.7 Å². The van der Waals surface area contributed by atoms with Crippen LogP contribution in [0.25, 0.3) is 0 Å². The van der Waals surface area contributed by atoms with E-state index < -0.39 is 0 Å². The van der Waals surface area contributed by atoms with Crippen molar-refractivity contribution in [1.82, 2.24) is 9.97 Å². The quantitative estimate of drug-likeness (QED) is 0.644. The Labute approximate surface area is 127 Å². The first-order chi connectivity index (χ1) is 10.1. The maximum Gasteiger partial charge on any atom is 0.351 e. The molecule has 0 aliphatic heterocycles. The molecule has 0 radical (unpaired) electrons. The van der Waals surface area contributed by atoms with Crippen LogP contribution >= 0.6 is 0 Å². The summed E-state index contributed by atoms with van der Waals surface area (Å²) in [5.41, 5.74) is 0. The average Bonchev–Trinajstić information content (AvgIpc) is 2.48. The second kappa shape index (κ2) is 9.33. The summed E-state index contributed by atoms with van der Waals surface area (Å²) in [6.45, 7) is 12.6. The lowest BCUT2D eigenvalue weighted by Gasteiger charge is -2.18. The molecule has 1 aromatic rings. The molecule has 0 aliphatic carbocycles. The van der Waals surface area contributed by atoms with Crippen molar-refractivity contribution in [3.05, 3.63) is 0 Å². The van der Waals surface area contributed by atoms with E-state index in [0.29, 0.717) is 24.4 Å². The number of aromatic nitrogens is 3. The molecule has 7 heteroatoms. The van der Waals surface area contributed by atoms with Gasteiger partial charge in [0, 0.05) is 13.1 Å². The molecule has 21 heavy (non-hydrogen) atoms. The van der Waals surface area contributed by atoms with Crippen molar-refractivity contribution >= 4 is 17.8 Å². The number of H-pyrrole nitrogens is 1. The molecule has 0 unspecified atom stereocenters. The number of aromatic amines is 1.